The van der Waals surface area contributed by atoms with E-state index in [-0.39, 0.29) is 12.2 Å². The van der Waals surface area contributed by atoms with Crippen molar-refractivity contribution in [1.82, 2.24) is 0 Å². The Kier molecular flexibility index (Phi) is 3.40. The van der Waals surface area contributed by atoms with E-state index in [9.17, 15) is 9.59 Å². The van der Waals surface area contributed by atoms with Crippen molar-refractivity contribution in [3.05, 3.63) is 33.8 Å². The molecule has 0 amide bonds. The van der Waals surface area contributed by atoms with Crippen molar-refractivity contribution in [3.63, 3.8) is 0 Å². The summed E-state index contributed by atoms with van der Waals surface area (Å²) in [5, 5.41) is 0.812. The quantitative estimate of drug-likeness (QED) is 0.777. The Bertz CT molecular complexity index is 464. The van der Waals surface area contributed by atoms with E-state index in [4.69, 9.17) is 27.9 Å². The van der Waals surface area contributed by atoms with Crippen LogP contribution < -0.4 is 0 Å². The van der Waals surface area contributed by atoms with Gasteiger partial charge in [-0.1, -0.05) is 29.3 Å². The van der Waals surface area contributed by atoms with Crippen molar-refractivity contribution in [1.29, 1.82) is 0 Å². The molecule has 0 aromatic heterocycles. The van der Waals surface area contributed by atoms with E-state index in [0.717, 1.165) is 0 Å². The average Bonchev–Trinajstić information content (AvgIpc) is 2.60. The summed E-state index contributed by atoms with van der Waals surface area (Å²) in [6, 6.07) is 5.02. The molecule has 90 valence electrons. The first-order valence-corrected chi connectivity index (χ1v) is 5.90. The van der Waals surface area contributed by atoms with Gasteiger partial charge in [0.05, 0.1) is 12.3 Å². The van der Waals surface area contributed by atoms with Gasteiger partial charge < -0.3 is 4.74 Å². The van der Waals surface area contributed by atoms with Gasteiger partial charge >= 0.3 is 5.97 Å². The summed E-state index contributed by atoms with van der Waals surface area (Å²) in [5.74, 6) is -0.997. The van der Waals surface area contributed by atoms with E-state index in [1.807, 2.05) is 0 Å². The zero-order valence-corrected chi connectivity index (χ0v) is 10.6. The number of ether oxygens (including phenoxy) is 1. The van der Waals surface area contributed by atoms with Crippen molar-refractivity contribution >= 4 is 35.0 Å². The van der Waals surface area contributed by atoms with Crippen LogP contribution in [-0.4, -0.2) is 11.8 Å². The Balaban J connectivity index is 2.45. The highest BCUT2D eigenvalue weighted by atomic mass is 35.5. The molecular weight excluding hydrogens is 263 g/mol. The molecule has 1 aliphatic heterocycles. The zero-order valence-electron chi connectivity index (χ0n) is 9.07. The lowest BCUT2D eigenvalue weighted by Crippen LogP contribution is -2.16. The Hall–Kier alpha value is -1.06. The smallest absolute Gasteiger partial charge is 0.307 e. The fourth-order valence-electron chi connectivity index (χ4n) is 1.96. The second-order valence-corrected chi connectivity index (χ2v) is 4.78. The Morgan fingerprint density at radius 1 is 1.35 bits per heavy atom. The minimum absolute atomic E-state index is 0.0849. The predicted molar refractivity (Wildman–Crippen MR) is 64.1 cm³/mol. The highest BCUT2D eigenvalue weighted by molar-refractivity contribution is 6.36. The van der Waals surface area contributed by atoms with Crippen LogP contribution in [0.1, 0.15) is 25.0 Å². The SMILES string of the molecule is CC(=O)[C@H]1CC(=O)O[C@@H]1c1c(Cl)cccc1Cl. The molecular formula is C12H10Cl2O3. The van der Waals surface area contributed by atoms with E-state index in [1.165, 1.54) is 6.92 Å². The van der Waals surface area contributed by atoms with Crippen LogP contribution in [0.2, 0.25) is 10.0 Å². The topological polar surface area (TPSA) is 43.4 Å². The van der Waals surface area contributed by atoms with E-state index in [2.05, 4.69) is 0 Å². The number of benzene rings is 1. The number of ketones is 1. The molecule has 1 aromatic rings. The Morgan fingerprint density at radius 2 is 1.94 bits per heavy atom. The van der Waals surface area contributed by atoms with E-state index < -0.39 is 18.0 Å². The highest BCUT2D eigenvalue weighted by Crippen LogP contribution is 2.42. The van der Waals surface area contributed by atoms with Crippen LogP contribution in [-0.2, 0) is 14.3 Å². The van der Waals surface area contributed by atoms with Crippen LogP contribution in [0.5, 0.6) is 0 Å². The number of cyclic esters (lactones) is 1. The molecule has 0 radical (unpaired) electrons. The molecule has 0 aliphatic carbocycles. The van der Waals surface area contributed by atoms with Gasteiger partial charge in [0.25, 0.3) is 0 Å². The number of carbonyl (C=O) groups is 2. The van der Waals surface area contributed by atoms with Crippen molar-refractivity contribution in [2.24, 2.45) is 5.92 Å². The third-order valence-electron chi connectivity index (χ3n) is 2.82. The normalized spacial score (nSPS) is 23.6. The average molecular weight is 273 g/mol. The van der Waals surface area contributed by atoms with Crippen LogP contribution in [0, 0.1) is 5.92 Å². The molecule has 1 aliphatic rings. The molecule has 1 saturated heterocycles. The number of hydrogen-bond acceptors (Lipinski definition) is 3. The van der Waals surface area contributed by atoms with Crippen molar-refractivity contribution in [2.45, 2.75) is 19.4 Å². The lowest BCUT2D eigenvalue weighted by atomic mass is 9.92. The molecule has 0 spiro atoms. The predicted octanol–water partition coefficient (Wildman–Crippen LogP) is 3.19. The number of hydrogen-bond donors (Lipinski definition) is 0. The minimum atomic E-state index is -0.666. The Morgan fingerprint density at radius 3 is 2.47 bits per heavy atom. The van der Waals surface area contributed by atoms with Crippen molar-refractivity contribution in [2.75, 3.05) is 0 Å². The van der Waals surface area contributed by atoms with Gasteiger partial charge in [-0.05, 0) is 19.1 Å². The van der Waals surface area contributed by atoms with Crippen LogP contribution in [0.4, 0.5) is 0 Å². The lowest BCUT2D eigenvalue weighted by molar-refractivity contribution is -0.141. The van der Waals surface area contributed by atoms with Gasteiger partial charge in [-0.15, -0.1) is 0 Å². The summed E-state index contributed by atoms with van der Waals surface area (Å²) < 4.78 is 5.15. The molecule has 0 N–H and O–H groups in total. The third-order valence-corrected chi connectivity index (χ3v) is 3.48. The van der Waals surface area contributed by atoms with Crippen molar-refractivity contribution < 1.29 is 14.3 Å². The molecule has 0 unspecified atom stereocenters. The number of esters is 1. The molecule has 1 aromatic carbocycles. The fraction of sp³-hybridized carbons (Fsp3) is 0.333. The number of halogens is 2. The van der Waals surface area contributed by atoms with Gasteiger partial charge in [-0.3, -0.25) is 9.59 Å². The molecule has 0 saturated carbocycles. The number of Topliss-reactive ketones (excluding diaryl/α,β-unsaturated/α-hetero) is 1. The van der Waals surface area contributed by atoms with Crippen LogP contribution >= 0.6 is 23.2 Å². The molecule has 1 heterocycles. The van der Waals surface area contributed by atoms with E-state index in [1.54, 1.807) is 18.2 Å². The molecule has 2 atom stereocenters. The maximum Gasteiger partial charge on any atom is 0.307 e. The number of rotatable bonds is 2. The van der Waals surface area contributed by atoms with Gasteiger partial charge in [0.1, 0.15) is 11.9 Å². The molecule has 17 heavy (non-hydrogen) atoms. The molecule has 1 fully saturated rings. The second-order valence-electron chi connectivity index (χ2n) is 3.97. The standard InChI is InChI=1S/C12H10Cl2O3/c1-6(15)7-5-10(16)17-12(7)11-8(13)3-2-4-9(11)14/h2-4,7,12H,5H2,1H3/t7-,12+/m1/s1. The molecule has 5 heteroatoms. The summed E-state index contributed by atoms with van der Waals surface area (Å²) in [4.78, 5) is 22.8. The van der Waals surface area contributed by atoms with E-state index >= 15 is 0 Å². The van der Waals surface area contributed by atoms with Crippen molar-refractivity contribution in [3.8, 4) is 0 Å². The lowest BCUT2D eigenvalue weighted by Gasteiger charge is -2.18. The maximum absolute atomic E-state index is 11.5. The minimum Gasteiger partial charge on any atom is -0.457 e. The first-order valence-electron chi connectivity index (χ1n) is 5.14. The van der Waals surface area contributed by atoms with Crippen LogP contribution in [0.15, 0.2) is 18.2 Å². The second kappa shape index (κ2) is 4.67. The highest BCUT2D eigenvalue weighted by Gasteiger charge is 2.40. The maximum atomic E-state index is 11.5. The largest absolute Gasteiger partial charge is 0.457 e. The molecule has 3 nitrogen and oxygen atoms in total. The van der Waals surface area contributed by atoms with Gasteiger partial charge in [0.15, 0.2) is 0 Å². The number of carbonyl (C=O) groups excluding carboxylic acids is 2. The molecule has 0 bridgehead atoms. The monoisotopic (exact) mass is 272 g/mol. The van der Waals surface area contributed by atoms with Crippen LogP contribution in [0.3, 0.4) is 0 Å². The molecule has 2 rings (SSSR count). The van der Waals surface area contributed by atoms with Gasteiger partial charge in [0.2, 0.25) is 0 Å². The summed E-state index contributed by atoms with van der Waals surface area (Å²) in [5.41, 5.74) is 0.516. The van der Waals surface area contributed by atoms with Gasteiger partial charge in [0, 0.05) is 15.6 Å². The summed E-state index contributed by atoms with van der Waals surface area (Å²) in [6.45, 7) is 1.43. The summed E-state index contributed by atoms with van der Waals surface area (Å²) >= 11 is 12.1. The first-order chi connectivity index (χ1) is 8.00. The van der Waals surface area contributed by atoms with Gasteiger partial charge in [-0.2, -0.15) is 0 Å². The Labute approximate surface area is 109 Å². The fourth-order valence-corrected chi connectivity index (χ4v) is 2.57. The van der Waals surface area contributed by atoms with E-state index in [0.29, 0.717) is 15.6 Å². The third kappa shape index (κ3) is 2.31. The first kappa shape index (κ1) is 12.4. The summed E-state index contributed by atoms with van der Waals surface area (Å²) in [6.07, 6.45) is -0.581. The summed E-state index contributed by atoms with van der Waals surface area (Å²) in [7, 11) is 0. The van der Waals surface area contributed by atoms with Gasteiger partial charge in [-0.25, -0.2) is 0 Å². The van der Waals surface area contributed by atoms with Crippen LogP contribution in [0.25, 0.3) is 0 Å². The zero-order chi connectivity index (χ0) is 12.6.